The van der Waals surface area contributed by atoms with Gasteiger partial charge in [0, 0.05) is 21.5 Å². The van der Waals surface area contributed by atoms with Gasteiger partial charge in [-0.25, -0.2) is 0 Å². The van der Waals surface area contributed by atoms with Gasteiger partial charge >= 0.3 is 6.18 Å². The first-order chi connectivity index (χ1) is 8.79. The van der Waals surface area contributed by atoms with Crippen molar-refractivity contribution in [1.29, 1.82) is 0 Å². The van der Waals surface area contributed by atoms with Crippen LogP contribution in [0, 0.1) is 0 Å². The van der Waals surface area contributed by atoms with E-state index in [0.717, 1.165) is 6.07 Å². The quantitative estimate of drug-likeness (QED) is 0.835. The monoisotopic (exact) mass is 357 g/mol. The summed E-state index contributed by atoms with van der Waals surface area (Å²) in [7, 11) is 0. The maximum absolute atomic E-state index is 12.9. The van der Waals surface area contributed by atoms with Crippen molar-refractivity contribution in [2.75, 3.05) is 18.2 Å². The number of anilines is 1. The van der Waals surface area contributed by atoms with Crippen molar-refractivity contribution in [3.8, 4) is 0 Å². The van der Waals surface area contributed by atoms with Crippen molar-refractivity contribution in [2.24, 2.45) is 0 Å². The molecule has 2 unspecified atom stereocenters. The van der Waals surface area contributed by atoms with Gasteiger partial charge < -0.3 is 10.4 Å². The smallest absolute Gasteiger partial charge is 0.395 e. The molecule has 108 valence electrons. The minimum Gasteiger partial charge on any atom is -0.395 e. The van der Waals surface area contributed by atoms with Crippen LogP contribution in [0.1, 0.15) is 12.5 Å². The molecule has 1 rings (SSSR count). The Bertz CT molecular complexity index is 424. The normalized spacial score (nSPS) is 15.1. The van der Waals surface area contributed by atoms with Gasteiger partial charge in [0.2, 0.25) is 0 Å². The van der Waals surface area contributed by atoms with Gasteiger partial charge in [0.1, 0.15) is 0 Å². The van der Waals surface area contributed by atoms with Crippen molar-refractivity contribution < 1.29 is 18.3 Å². The molecule has 0 saturated heterocycles. The second-order valence-corrected chi connectivity index (χ2v) is 6.07. The number of halogens is 4. The number of benzene rings is 1. The number of aliphatic hydroxyl groups excluding tert-OH is 1. The molecule has 0 fully saturated rings. The minimum absolute atomic E-state index is 0.0156. The van der Waals surface area contributed by atoms with Crippen molar-refractivity contribution in [1.82, 2.24) is 0 Å². The van der Waals surface area contributed by atoms with Gasteiger partial charge in [0.25, 0.3) is 0 Å². The fraction of sp³-hybridized carbons (Fsp3) is 0.500. The van der Waals surface area contributed by atoms with Gasteiger partial charge in [-0.05, 0) is 31.4 Å². The van der Waals surface area contributed by atoms with Crippen molar-refractivity contribution in [3.05, 3.63) is 28.2 Å². The summed E-state index contributed by atoms with van der Waals surface area (Å²) < 4.78 is 39.2. The second-order valence-electron chi connectivity index (χ2n) is 4.08. The first-order valence-corrected chi connectivity index (χ1v) is 7.64. The van der Waals surface area contributed by atoms with Gasteiger partial charge in [-0.3, -0.25) is 0 Å². The first kappa shape index (κ1) is 16.7. The van der Waals surface area contributed by atoms with Crippen molar-refractivity contribution >= 4 is 33.4 Å². The van der Waals surface area contributed by atoms with Gasteiger partial charge in [-0.15, -0.1) is 0 Å². The molecule has 1 aromatic rings. The molecule has 7 heteroatoms. The van der Waals surface area contributed by atoms with E-state index in [2.05, 4.69) is 21.2 Å². The van der Waals surface area contributed by atoms with Crippen LogP contribution in [0.3, 0.4) is 0 Å². The first-order valence-electron chi connectivity index (χ1n) is 5.56. The molecule has 0 aliphatic heterocycles. The number of aliphatic hydroxyl groups is 1. The van der Waals surface area contributed by atoms with Gasteiger partial charge in [-0.1, -0.05) is 15.9 Å². The molecule has 0 aliphatic carbocycles. The molecular formula is C12H15BrF3NOS. The topological polar surface area (TPSA) is 32.3 Å². The molecule has 0 aliphatic rings. The minimum atomic E-state index is -4.41. The zero-order chi connectivity index (χ0) is 14.6. The molecule has 0 bridgehead atoms. The zero-order valence-corrected chi connectivity index (χ0v) is 12.9. The highest BCUT2D eigenvalue weighted by atomic mass is 79.9. The van der Waals surface area contributed by atoms with Crippen LogP contribution in [0.2, 0.25) is 0 Å². The molecule has 0 heterocycles. The van der Waals surface area contributed by atoms with E-state index in [9.17, 15) is 13.2 Å². The zero-order valence-electron chi connectivity index (χ0n) is 10.5. The number of alkyl halides is 3. The Balaban J connectivity index is 3.02. The number of hydrogen-bond donors (Lipinski definition) is 2. The van der Waals surface area contributed by atoms with Crippen LogP contribution in [0.4, 0.5) is 18.9 Å². The highest BCUT2D eigenvalue weighted by Gasteiger charge is 2.34. The molecule has 2 atom stereocenters. The van der Waals surface area contributed by atoms with E-state index in [1.54, 1.807) is 6.92 Å². The lowest BCUT2D eigenvalue weighted by Gasteiger charge is -2.24. The molecule has 0 saturated carbocycles. The Hall–Kier alpha value is -0.400. The Morgan fingerprint density at radius 3 is 2.53 bits per heavy atom. The second kappa shape index (κ2) is 6.85. The predicted molar refractivity (Wildman–Crippen MR) is 76.6 cm³/mol. The number of rotatable bonds is 5. The molecule has 0 spiro atoms. The van der Waals surface area contributed by atoms with E-state index in [4.69, 9.17) is 5.11 Å². The van der Waals surface area contributed by atoms with E-state index < -0.39 is 11.7 Å². The maximum atomic E-state index is 12.9. The molecule has 2 N–H and O–H groups in total. The van der Waals surface area contributed by atoms with Gasteiger partial charge in [0.05, 0.1) is 12.2 Å². The summed E-state index contributed by atoms with van der Waals surface area (Å²) in [5.74, 6) is 0. The largest absolute Gasteiger partial charge is 0.418 e. The number of hydrogen-bond acceptors (Lipinski definition) is 3. The molecule has 19 heavy (non-hydrogen) atoms. The van der Waals surface area contributed by atoms with Crippen LogP contribution in [-0.2, 0) is 6.18 Å². The summed E-state index contributed by atoms with van der Waals surface area (Å²) in [4.78, 5) is 0. The number of thioether (sulfide) groups is 1. The average Bonchev–Trinajstić information content (AvgIpc) is 2.28. The molecule has 2 nitrogen and oxygen atoms in total. The van der Waals surface area contributed by atoms with Gasteiger partial charge in [-0.2, -0.15) is 24.9 Å². The number of nitrogens with one attached hydrogen (secondary N) is 1. The van der Waals surface area contributed by atoms with E-state index in [0.29, 0.717) is 4.47 Å². The molecule has 0 aromatic heterocycles. The highest BCUT2D eigenvalue weighted by Crippen LogP contribution is 2.36. The van der Waals surface area contributed by atoms with E-state index in [1.165, 1.54) is 23.9 Å². The van der Waals surface area contributed by atoms with Crippen LogP contribution in [0.15, 0.2) is 22.7 Å². The SMILES string of the molecule is CSC(CO)C(C)Nc1cc(Br)ccc1C(F)(F)F. The van der Waals surface area contributed by atoms with E-state index >= 15 is 0 Å². The Morgan fingerprint density at radius 1 is 1.42 bits per heavy atom. The maximum Gasteiger partial charge on any atom is 0.418 e. The fourth-order valence-electron chi connectivity index (χ4n) is 1.66. The third kappa shape index (κ3) is 4.57. The lowest BCUT2D eigenvalue weighted by atomic mass is 10.1. The summed E-state index contributed by atoms with van der Waals surface area (Å²) in [5.41, 5.74) is -0.692. The van der Waals surface area contributed by atoms with Crippen molar-refractivity contribution in [3.63, 3.8) is 0 Å². The third-order valence-electron chi connectivity index (χ3n) is 2.71. The van der Waals surface area contributed by atoms with Crippen LogP contribution >= 0.6 is 27.7 Å². The average molecular weight is 358 g/mol. The Morgan fingerprint density at radius 2 is 2.05 bits per heavy atom. The van der Waals surface area contributed by atoms with Crippen LogP contribution in [0.5, 0.6) is 0 Å². The molecule has 0 radical (unpaired) electrons. The summed E-state index contributed by atoms with van der Waals surface area (Å²) in [5, 5.41) is 11.8. The third-order valence-corrected chi connectivity index (χ3v) is 4.37. The summed E-state index contributed by atoms with van der Waals surface area (Å²) >= 11 is 4.57. The van der Waals surface area contributed by atoms with Crippen molar-refractivity contribution in [2.45, 2.75) is 24.4 Å². The fourth-order valence-corrected chi connectivity index (χ4v) is 2.64. The lowest BCUT2D eigenvalue weighted by Crippen LogP contribution is -2.31. The Kier molecular flexibility index (Phi) is 6.01. The predicted octanol–water partition coefficient (Wildman–Crippen LogP) is 3.99. The summed E-state index contributed by atoms with van der Waals surface area (Å²) in [6.07, 6.45) is -2.60. The van der Waals surface area contributed by atoms with Gasteiger partial charge in [0.15, 0.2) is 0 Å². The summed E-state index contributed by atoms with van der Waals surface area (Å²) in [6.45, 7) is 1.66. The standard InChI is InChI=1S/C12H15BrF3NOS/c1-7(11(6-18)19-2)17-10-5-8(13)3-4-9(10)12(14,15)16/h3-5,7,11,17-18H,6H2,1-2H3. The van der Waals surface area contributed by atoms with E-state index in [1.807, 2.05) is 6.26 Å². The van der Waals surface area contributed by atoms with Crippen LogP contribution in [0.25, 0.3) is 0 Å². The highest BCUT2D eigenvalue weighted by molar-refractivity contribution is 9.10. The molecule has 0 amide bonds. The van der Waals surface area contributed by atoms with E-state index in [-0.39, 0.29) is 23.6 Å². The summed E-state index contributed by atoms with van der Waals surface area (Å²) in [6, 6.07) is 3.51. The lowest BCUT2D eigenvalue weighted by molar-refractivity contribution is -0.137. The van der Waals surface area contributed by atoms with Crippen LogP contribution in [-0.4, -0.2) is 29.3 Å². The Labute approximate surface area is 122 Å². The van der Waals surface area contributed by atoms with Crippen LogP contribution < -0.4 is 5.32 Å². The molecular weight excluding hydrogens is 343 g/mol. The molecule has 1 aromatic carbocycles.